The van der Waals surface area contributed by atoms with E-state index in [-0.39, 0.29) is 11.6 Å². The molecule has 0 saturated heterocycles. The van der Waals surface area contributed by atoms with E-state index in [1.165, 1.54) is 12.8 Å². The van der Waals surface area contributed by atoms with Crippen molar-refractivity contribution in [3.8, 4) is 5.88 Å². The minimum absolute atomic E-state index is 0.0473. The van der Waals surface area contributed by atoms with Crippen molar-refractivity contribution in [2.75, 3.05) is 7.11 Å². The summed E-state index contributed by atoms with van der Waals surface area (Å²) in [6.45, 7) is 3.95. The molecule has 3 aromatic heterocycles. The van der Waals surface area contributed by atoms with Crippen molar-refractivity contribution in [1.82, 2.24) is 18.9 Å². The molecule has 0 amide bonds. The number of aromatic nitrogens is 4. The van der Waals surface area contributed by atoms with Crippen LogP contribution < -0.4 is 10.3 Å². The summed E-state index contributed by atoms with van der Waals surface area (Å²) < 4.78 is 9.18. The summed E-state index contributed by atoms with van der Waals surface area (Å²) in [5.74, 6) is 1.41. The second-order valence-electron chi connectivity index (χ2n) is 6.46. The van der Waals surface area contributed by atoms with Crippen molar-refractivity contribution in [3.05, 3.63) is 34.0 Å². The van der Waals surface area contributed by atoms with Crippen LogP contribution in [-0.4, -0.2) is 26.0 Å². The van der Waals surface area contributed by atoms with Crippen molar-refractivity contribution in [2.45, 2.75) is 52.0 Å². The maximum Gasteiger partial charge on any atom is 0.277 e. The van der Waals surface area contributed by atoms with Crippen molar-refractivity contribution in [2.24, 2.45) is 0 Å². The Morgan fingerprint density at radius 2 is 2.00 bits per heavy atom. The van der Waals surface area contributed by atoms with Gasteiger partial charge in [-0.3, -0.25) is 9.20 Å². The molecule has 0 N–H and O–H groups in total. The zero-order valence-electron chi connectivity index (χ0n) is 14.4. The average molecular weight is 326 g/mol. The lowest BCUT2D eigenvalue weighted by molar-refractivity contribution is 0.399. The van der Waals surface area contributed by atoms with Gasteiger partial charge < -0.3 is 9.30 Å². The molecule has 0 unspecified atom stereocenters. The summed E-state index contributed by atoms with van der Waals surface area (Å²) in [7, 11) is 1.61. The van der Waals surface area contributed by atoms with Gasteiger partial charge in [0.15, 0.2) is 5.65 Å². The summed E-state index contributed by atoms with van der Waals surface area (Å²) >= 11 is 0. The van der Waals surface area contributed by atoms with Crippen LogP contribution in [0.5, 0.6) is 5.88 Å². The molecule has 1 saturated carbocycles. The monoisotopic (exact) mass is 326 g/mol. The molecule has 6 heteroatoms. The van der Waals surface area contributed by atoms with E-state index in [1.54, 1.807) is 7.11 Å². The normalized spacial score (nSPS) is 15.6. The third-order valence-corrected chi connectivity index (χ3v) is 5.06. The van der Waals surface area contributed by atoms with Crippen LogP contribution in [0.2, 0.25) is 0 Å². The fourth-order valence-electron chi connectivity index (χ4n) is 3.94. The number of imidazole rings is 1. The van der Waals surface area contributed by atoms with Gasteiger partial charge in [-0.15, -0.1) is 0 Å². The third-order valence-electron chi connectivity index (χ3n) is 5.06. The van der Waals surface area contributed by atoms with Gasteiger partial charge in [0.25, 0.3) is 5.56 Å². The average Bonchev–Trinajstić information content (AvgIpc) is 3.23. The molecule has 6 nitrogen and oxygen atoms in total. The van der Waals surface area contributed by atoms with Crippen LogP contribution in [0.3, 0.4) is 0 Å². The van der Waals surface area contributed by atoms with E-state index in [0.29, 0.717) is 11.4 Å². The highest BCUT2D eigenvalue weighted by Crippen LogP contribution is 2.32. The Balaban J connectivity index is 2.20. The SMILES string of the molecule is CCc1nc(C)c2c(=O)n(C3CCCC3)c3ccc(OC)nc3n12. The zero-order chi connectivity index (χ0) is 16.8. The molecule has 24 heavy (non-hydrogen) atoms. The molecule has 3 aromatic rings. The van der Waals surface area contributed by atoms with Crippen LogP contribution in [0.25, 0.3) is 16.7 Å². The summed E-state index contributed by atoms with van der Waals surface area (Å²) in [5.41, 5.74) is 3.09. The minimum atomic E-state index is 0.0473. The van der Waals surface area contributed by atoms with E-state index in [2.05, 4.69) is 9.97 Å². The maximum absolute atomic E-state index is 13.3. The molecular formula is C18H22N4O2. The zero-order valence-corrected chi connectivity index (χ0v) is 14.4. The number of pyridine rings is 1. The van der Waals surface area contributed by atoms with Crippen LogP contribution in [0.1, 0.15) is 50.2 Å². The number of hydrogen-bond acceptors (Lipinski definition) is 4. The number of hydrogen-bond donors (Lipinski definition) is 0. The first-order valence-corrected chi connectivity index (χ1v) is 8.62. The predicted molar refractivity (Wildman–Crippen MR) is 92.9 cm³/mol. The molecule has 3 heterocycles. The van der Waals surface area contributed by atoms with Gasteiger partial charge in [0.05, 0.1) is 18.3 Å². The summed E-state index contributed by atoms with van der Waals surface area (Å²) in [6.07, 6.45) is 5.18. The highest BCUT2D eigenvalue weighted by Gasteiger charge is 2.25. The van der Waals surface area contributed by atoms with Crippen LogP contribution in [0, 0.1) is 6.92 Å². The number of fused-ring (bicyclic) bond motifs is 3. The van der Waals surface area contributed by atoms with Gasteiger partial charge in [-0.05, 0) is 25.8 Å². The van der Waals surface area contributed by atoms with Gasteiger partial charge in [-0.25, -0.2) is 4.98 Å². The molecule has 0 spiro atoms. The first kappa shape index (κ1) is 15.2. The lowest BCUT2D eigenvalue weighted by Gasteiger charge is -2.18. The lowest BCUT2D eigenvalue weighted by Crippen LogP contribution is -2.26. The number of nitrogens with zero attached hydrogens (tertiary/aromatic N) is 4. The molecular weight excluding hydrogens is 304 g/mol. The fourth-order valence-corrected chi connectivity index (χ4v) is 3.94. The Bertz CT molecular complexity index is 980. The molecule has 4 rings (SSSR count). The van der Waals surface area contributed by atoms with Gasteiger partial charge in [-0.1, -0.05) is 19.8 Å². The van der Waals surface area contributed by atoms with E-state index in [9.17, 15) is 4.79 Å². The Hall–Kier alpha value is -2.37. The predicted octanol–water partition coefficient (Wildman–Crippen LogP) is 3.04. The highest BCUT2D eigenvalue weighted by molar-refractivity contribution is 5.77. The standard InChI is InChI=1S/C18H22N4O2/c1-4-14-19-11(2)16-18(23)21(12-7-5-6-8-12)13-9-10-15(24-3)20-17(13)22(14)16/h9-10,12H,4-8H2,1-3H3. The number of methoxy groups -OCH3 is 1. The molecule has 0 aliphatic heterocycles. The van der Waals surface area contributed by atoms with Crippen LogP contribution in [0.4, 0.5) is 0 Å². The fraction of sp³-hybridized carbons (Fsp3) is 0.500. The van der Waals surface area contributed by atoms with Gasteiger partial charge in [0.2, 0.25) is 5.88 Å². The molecule has 0 aromatic carbocycles. The largest absolute Gasteiger partial charge is 0.481 e. The number of aryl methyl sites for hydroxylation is 2. The maximum atomic E-state index is 13.3. The van der Waals surface area contributed by atoms with E-state index in [0.717, 1.165) is 41.9 Å². The van der Waals surface area contributed by atoms with Crippen molar-refractivity contribution < 1.29 is 4.74 Å². The topological polar surface area (TPSA) is 61.4 Å². The molecule has 0 atom stereocenters. The van der Waals surface area contributed by atoms with E-state index in [4.69, 9.17) is 4.74 Å². The van der Waals surface area contributed by atoms with Crippen LogP contribution in [0.15, 0.2) is 16.9 Å². The first-order chi connectivity index (χ1) is 11.7. The Morgan fingerprint density at radius 3 is 2.67 bits per heavy atom. The molecule has 1 fully saturated rings. The second-order valence-corrected chi connectivity index (χ2v) is 6.46. The Kier molecular flexibility index (Phi) is 3.55. The van der Waals surface area contributed by atoms with E-state index >= 15 is 0 Å². The number of ether oxygens (including phenoxy) is 1. The van der Waals surface area contributed by atoms with Crippen LogP contribution in [-0.2, 0) is 6.42 Å². The summed E-state index contributed by atoms with van der Waals surface area (Å²) in [4.78, 5) is 22.5. The van der Waals surface area contributed by atoms with Gasteiger partial charge in [0, 0.05) is 18.5 Å². The van der Waals surface area contributed by atoms with Crippen molar-refractivity contribution in [1.29, 1.82) is 0 Å². The second kappa shape index (κ2) is 5.61. The summed E-state index contributed by atoms with van der Waals surface area (Å²) in [6, 6.07) is 4.03. The Labute approximate surface area is 140 Å². The Morgan fingerprint density at radius 1 is 1.25 bits per heavy atom. The van der Waals surface area contributed by atoms with E-state index < -0.39 is 0 Å². The molecule has 126 valence electrons. The third kappa shape index (κ3) is 2.05. The van der Waals surface area contributed by atoms with Gasteiger partial charge in [-0.2, -0.15) is 4.98 Å². The van der Waals surface area contributed by atoms with Gasteiger partial charge in [0.1, 0.15) is 11.3 Å². The van der Waals surface area contributed by atoms with E-state index in [1.807, 2.05) is 34.9 Å². The number of rotatable bonds is 3. The van der Waals surface area contributed by atoms with Crippen molar-refractivity contribution in [3.63, 3.8) is 0 Å². The minimum Gasteiger partial charge on any atom is -0.481 e. The van der Waals surface area contributed by atoms with Crippen LogP contribution >= 0.6 is 0 Å². The molecule has 1 aliphatic rings. The molecule has 1 aliphatic carbocycles. The highest BCUT2D eigenvalue weighted by atomic mass is 16.5. The quantitative estimate of drug-likeness (QED) is 0.742. The van der Waals surface area contributed by atoms with Gasteiger partial charge >= 0.3 is 0 Å². The molecule has 0 radical (unpaired) electrons. The smallest absolute Gasteiger partial charge is 0.277 e. The van der Waals surface area contributed by atoms with Crippen molar-refractivity contribution >= 4 is 16.7 Å². The summed E-state index contributed by atoms with van der Waals surface area (Å²) in [5, 5.41) is 0. The first-order valence-electron chi connectivity index (χ1n) is 8.62. The molecule has 0 bridgehead atoms. The lowest BCUT2D eigenvalue weighted by atomic mass is 10.2.